The van der Waals surface area contributed by atoms with Crippen molar-refractivity contribution in [2.24, 2.45) is 0 Å². The normalized spacial score (nSPS) is 21.6. The molecule has 0 bridgehead atoms. The molecule has 0 unspecified atom stereocenters. The van der Waals surface area contributed by atoms with E-state index in [1.54, 1.807) is 0 Å². The lowest BCUT2D eigenvalue weighted by atomic mass is 9.99. The van der Waals surface area contributed by atoms with Crippen LogP contribution >= 0.6 is 0 Å². The van der Waals surface area contributed by atoms with Gasteiger partial charge in [0.15, 0.2) is 24.1 Å². The number of carbonyl (C=O) groups excluding carboxylic acids is 2. The molecule has 0 radical (unpaired) electrons. The second kappa shape index (κ2) is 13.5. The molecule has 232 valence electrons. The fourth-order valence-electron chi connectivity index (χ4n) is 4.46. The minimum Gasteiger partial charge on any atom is -0.508 e. The Morgan fingerprint density at radius 1 is 0.907 bits per heavy atom. The zero-order valence-corrected chi connectivity index (χ0v) is 23.7. The van der Waals surface area contributed by atoms with Crippen LogP contribution in [0.25, 0.3) is 22.3 Å². The summed E-state index contributed by atoms with van der Waals surface area (Å²) in [5.74, 6) is -1.70. The maximum atomic E-state index is 13.7. The van der Waals surface area contributed by atoms with Gasteiger partial charge in [0.2, 0.25) is 17.5 Å². The molecule has 2 amide bonds. The van der Waals surface area contributed by atoms with E-state index >= 15 is 0 Å². The van der Waals surface area contributed by atoms with Crippen molar-refractivity contribution >= 4 is 23.2 Å². The number of aromatic hydroxyl groups is 3. The quantitative estimate of drug-likeness (QED) is 0.209. The second-order valence-electron chi connectivity index (χ2n) is 9.89. The lowest BCUT2D eigenvalue weighted by Gasteiger charge is -2.42. The molecule has 2 heterocycles. The fourth-order valence-corrected chi connectivity index (χ4v) is 4.46. The van der Waals surface area contributed by atoms with E-state index in [-0.39, 0.29) is 40.3 Å². The van der Waals surface area contributed by atoms with Crippen molar-refractivity contribution in [3.8, 4) is 34.3 Å². The number of ether oxygens (including phenoxy) is 4. The van der Waals surface area contributed by atoms with Gasteiger partial charge in [-0.05, 0) is 44.0 Å². The van der Waals surface area contributed by atoms with Gasteiger partial charge >= 0.3 is 12.2 Å². The number of rotatable bonds is 9. The van der Waals surface area contributed by atoms with Gasteiger partial charge in [-0.15, -0.1) is 0 Å². The summed E-state index contributed by atoms with van der Waals surface area (Å²) in [6.45, 7) is 5.78. The zero-order chi connectivity index (χ0) is 31.3. The molecule has 1 fully saturated rings. The number of amides is 2. The average Bonchev–Trinajstić information content (AvgIpc) is 2.96. The smallest absolute Gasteiger partial charge is 0.407 e. The number of nitrogens with one attached hydrogen (secondary N) is 2. The van der Waals surface area contributed by atoms with Crippen LogP contribution in [-0.2, 0) is 14.2 Å². The molecule has 1 aromatic heterocycles. The third kappa shape index (κ3) is 7.04. The van der Waals surface area contributed by atoms with Gasteiger partial charge in [-0.1, -0.05) is 13.8 Å². The van der Waals surface area contributed by atoms with Crippen molar-refractivity contribution in [2.45, 2.75) is 64.3 Å². The Morgan fingerprint density at radius 2 is 1.51 bits per heavy atom. The molecule has 43 heavy (non-hydrogen) atoms. The molecular weight excluding hydrogens is 568 g/mol. The van der Waals surface area contributed by atoms with Gasteiger partial charge in [-0.25, -0.2) is 9.59 Å². The average molecular weight is 603 g/mol. The van der Waals surface area contributed by atoms with Gasteiger partial charge in [-0.2, -0.15) is 0 Å². The van der Waals surface area contributed by atoms with Gasteiger partial charge in [-0.3, -0.25) is 4.79 Å². The number of phenolic OH excluding ortho intramolecular Hbond substituents is 3. The summed E-state index contributed by atoms with van der Waals surface area (Å²) in [6.07, 6.45) is -7.69. The van der Waals surface area contributed by atoms with Crippen molar-refractivity contribution in [1.29, 1.82) is 0 Å². The highest BCUT2D eigenvalue weighted by Gasteiger charge is 2.50. The number of fused-ring (bicyclic) bond motifs is 1. The van der Waals surface area contributed by atoms with Crippen LogP contribution in [0.2, 0.25) is 0 Å². The van der Waals surface area contributed by atoms with E-state index in [0.717, 1.165) is 12.1 Å². The number of hydrogen-bond acceptors (Lipinski definition) is 12. The predicted octanol–water partition coefficient (Wildman–Crippen LogP) is 3.07. The highest BCUT2D eigenvalue weighted by Crippen LogP contribution is 2.38. The molecule has 2 aromatic carbocycles. The van der Waals surface area contributed by atoms with E-state index < -0.39 is 59.8 Å². The summed E-state index contributed by atoms with van der Waals surface area (Å²) in [5.41, 5.74) is -0.786. The number of hydrogen-bond donors (Lipinski definition) is 6. The Hall–Kier alpha value is -4.69. The number of aliphatic hydroxyl groups excluding tert-OH is 1. The lowest BCUT2D eigenvalue weighted by molar-refractivity contribution is -0.266. The van der Waals surface area contributed by atoms with E-state index in [1.165, 1.54) is 31.2 Å². The Bertz CT molecular complexity index is 1510. The summed E-state index contributed by atoms with van der Waals surface area (Å²) >= 11 is 0. The van der Waals surface area contributed by atoms with Gasteiger partial charge in [0.05, 0.1) is 6.10 Å². The molecule has 14 nitrogen and oxygen atoms in total. The first kappa shape index (κ1) is 31.3. The van der Waals surface area contributed by atoms with E-state index in [1.807, 2.05) is 13.8 Å². The lowest BCUT2D eigenvalue weighted by Crippen LogP contribution is -2.62. The first-order valence-electron chi connectivity index (χ1n) is 13.7. The molecule has 0 spiro atoms. The van der Waals surface area contributed by atoms with E-state index in [0.29, 0.717) is 19.4 Å². The first-order chi connectivity index (χ1) is 20.5. The van der Waals surface area contributed by atoms with E-state index in [2.05, 4.69) is 10.6 Å². The molecule has 0 saturated carbocycles. The number of phenols is 3. The number of benzene rings is 2. The van der Waals surface area contributed by atoms with Crippen molar-refractivity contribution in [2.75, 3.05) is 13.1 Å². The standard InChI is InChI=1S/C29H34N2O12/c1-4-10-30-28(37)42-23-14(3)39-27(22(36)26(23)43-29(38)31-11-5-2)41-25-21(35)20-18(34)12-17(33)13-19(20)40-24(25)15-6-8-16(32)9-7-15/h6-9,12-14,22-23,26-27,32-34,36H,4-5,10-11H2,1-3H3,(H,30,37)(H,31,38)/t14-,22+,23-,26-,27-/m0/s1. The van der Waals surface area contributed by atoms with Crippen LogP contribution in [0.1, 0.15) is 33.6 Å². The van der Waals surface area contributed by atoms with Crippen molar-refractivity contribution < 1.29 is 53.4 Å². The topological polar surface area (TPSA) is 206 Å². The number of aliphatic hydroxyl groups is 1. The molecule has 3 aromatic rings. The van der Waals surface area contributed by atoms with Gasteiger partial charge < -0.3 is 54.4 Å². The molecule has 6 N–H and O–H groups in total. The van der Waals surface area contributed by atoms with Gasteiger partial charge in [0.25, 0.3) is 0 Å². The number of carbonyl (C=O) groups is 2. The Morgan fingerprint density at radius 3 is 2.12 bits per heavy atom. The maximum Gasteiger partial charge on any atom is 0.407 e. The maximum absolute atomic E-state index is 13.7. The van der Waals surface area contributed by atoms with Gasteiger partial charge in [0.1, 0.15) is 28.2 Å². The molecule has 4 rings (SSSR count). The van der Waals surface area contributed by atoms with Crippen molar-refractivity contribution in [3.63, 3.8) is 0 Å². The molecule has 14 heteroatoms. The van der Waals surface area contributed by atoms with Crippen LogP contribution in [0, 0.1) is 0 Å². The summed E-state index contributed by atoms with van der Waals surface area (Å²) in [5, 5.41) is 46.2. The number of alkyl carbamates (subject to hydrolysis) is 2. The SMILES string of the molecule is CCCNC(=O)O[C@@H]1[C@@H](OC(=O)NCCC)[C@@H](O)[C@H](Oc2c(-c3ccc(O)cc3)oc3cc(O)cc(O)c3c2=O)O[C@H]1C. The third-order valence-electron chi connectivity index (χ3n) is 6.56. The Balaban J connectivity index is 1.75. The predicted molar refractivity (Wildman–Crippen MR) is 151 cm³/mol. The Labute approximate surface area is 245 Å². The summed E-state index contributed by atoms with van der Waals surface area (Å²) < 4.78 is 28.5. The largest absolute Gasteiger partial charge is 0.508 e. The molecule has 5 atom stereocenters. The molecule has 1 saturated heterocycles. The fraction of sp³-hybridized carbons (Fsp3) is 0.414. The highest BCUT2D eigenvalue weighted by molar-refractivity contribution is 5.88. The van der Waals surface area contributed by atoms with Crippen LogP contribution in [0.4, 0.5) is 9.59 Å². The second-order valence-corrected chi connectivity index (χ2v) is 9.89. The van der Waals surface area contributed by atoms with Crippen molar-refractivity contribution in [3.05, 3.63) is 46.6 Å². The first-order valence-corrected chi connectivity index (χ1v) is 13.7. The summed E-state index contributed by atoms with van der Waals surface area (Å²) in [7, 11) is 0. The van der Waals surface area contributed by atoms with E-state index in [9.17, 15) is 34.8 Å². The molecule has 1 aliphatic heterocycles. The molecule has 1 aliphatic rings. The Kier molecular flexibility index (Phi) is 9.83. The highest BCUT2D eigenvalue weighted by atomic mass is 16.7. The summed E-state index contributed by atoms with van der Waals surface area (Å²) in [6, 6.07) is 7.60. The van der Waals surface area contributed by atoms with E-state index in [4.69, 9.17) is 23.4 Å². The van der Waals surface area contributed by atoms with Crippen LogP contribution in [0.15, 0.2) is 45.6 Å². The summed E-state index contributed by atoms with van der Waals surface area (Å²) in [4.78, 5) is 38.6. The molecule has 0 aliphatic carbocycles. The van der Waals surface area contributed by atoms with Crippen LogP contribution in [0.5, 0.6) is 23.0 Å². The monoisotopic (exact) mass is 602 g/mol. The minimum absolute atomic E-state index is 0.0696. The third-order valence-corrected chi connectivity index (χ3v) is 6.56. The minimum atomic E-state index is -1.79. The van der Waals surface area contributed by atoms with Gasteiger partial charge in [0, 0.05) is 30.8 Å². The zero-order valence-electron chi connectivity index (χ0n) is 23.7. The van der Waals surface area contributed by atoms with Crippen LogP contribution in [0.3, 0.4) is 0 Å². The van der Waals surface area contributed by atoms with Crippen LogP contribution < -0.4 is 20.8 Å². The van der Waals surface area contributed by atoms with Crippen molar-refractivity contribution in [1.82, 2.24) is 10.6 Å². The molecular formula is C29H34N2O12. The van der Waals surface area contributed by atoms with Crippen LogP contribution in [-0.4, -0.2) is 76.4 Å².